The van der Waals surface area contributed by atoms with Crippen molar-refractivity contribution in [2.75, 3.05) is 0 Å². The Kier molecular flexibility index (Phi) is 2.50. The molecule has 0 bridgehead atoms. The van der Waals surface area contributed by atoms with Crippen LogP contribution in [0.5, 0.6) is 11.5 Å². The molecule has 0 amide bonds. The molecule has 0 aromatic heterocycles. The van der Waals surface area contributed by atoms with Gasteiger partial charge in [0.25, 0.3) is 0 Å². The molecule has 0 aliphatic heterocycles. The fraction of sp³-hybridized carbons (Fsp3) is 0.267. The molecule has 0 radical (unpaired) electrons. The van der Waals surface area contributed by atoms with E-state index < -0.39 is 6.10 Å². The van der Waals surface area contributed by atoms with Crippen LogP contribution in [0.25, 0.3) is 10.8 Å². The number of phenols is 2. The van der Waals surface area contributed by atoms with Crippen molar-refractivity contribution in [3.05, 3.63) is 34.9 Å². The summed E-state index contributed by atoms with van der Waals surface area (Å²) in [6.45, 7) is 1.77. The molecule has 98 valence electrons. The smallest absolute Gasteiger partial charge is 0.169 e. The van der Waals surface area contributed by atoms with E-state index in [1.54, 1.807) is 25.1 Å². The lowest BCUT2D eigenvalue weighted by atomic mass is 9.85. The Bertz CT molecular complexity index is 703. The van der Waals surface area contributed by atoms with Crippen LogP contribution in [0.3, 0.4) is 0 Å². The van der Waals surface area contributed by atoms with Gasteiger partial charge in [-0.15, -0.1) is 0 Å². The molecule has 1 atom stereocenters. The summed E-state index contributed by atoms with van der Waals surface area (Å²) in [5, 5.41) is 30.9. The summed E-state index contributed by atoms with van der Waals surface area (Å²) in [6.07, 6.45) is -0.307. The lowest BCUT2D eigenvalue weighted by molar-refractivity contribution is 0.0850. The second-order valence-electron chi connectivity index (χ2n) is 5.11. The Labute approximate surface area is 109 Å². The quantitative estimate of drug-likeness (QED) is 0.675. The average molecular weight is 258 g/mol. The third-order valence-electron chi connectivity index (χ3n) is 3.63. The van der Waals surface area contributed by atoms with Gasteiger partial charge in [-0.25, -0.2) is 0 Å². The zero-order valence-electron chi connectivity index (χ0n) is 10.5. The highest BCUT2D eigenvalue weighted by atomic mass is 16.3. The molecule has 1 aliphatic rings. The summed E-state index contributed by atoms with van der Waals surface area (Å²) in [4.78, 5) is 12.0. The number of benzene rings is 2. The Hall–Kier alpha value is -2.07. The third-order valence-corrected chi connectivity index (χ3v) is 3.63. The van der Waals surface area contributed by atoms with E-state index in [9.17, 15) is 20.1 Å². The molecular weight excluding hydrogens is 244 g/mol. The fourth-order valence-electron chi connectivity index (χ4n) is 2.88. The number of hydrogen-bond donors (Lipinski definition) is 3. The first-order valence-corrected chi connectivity index (χ1v) is 6.17. The van der Waals surface area contributed by atoms with Crippen LogP contribution in [0.2, 0.25) is 0 Å². The highest BCUT2D eigenvalue weighted by Crippen LogP contribution is 2.39. The minimum Gasteiger partial charge on any atom is -0.508 e. The molecule has 2 aromatic carbocycles. The SMILES string of the molecule is Cc1cc(O)cc2cc3c(c(O)c12)C(=O)CC(O)C3. The van der Waals surface area contributed by atoms with E-state index in [0.29, 0.717) is 33.9 Å². The van der Waals surface area contributed by atoms with Gasteiger partial charge in [0.05, 0.1) is 11.7 Å². The number of carbonyl (C=O) groups is 1. The number of ketones is 1. The van der Waals surface area contributed by atoms with Crippen molar-refractivity contribution >= 4 is 16.6 Å². The van der Waals surface area contributed by atoms with Crippen LogP contribution in [-0.4, -0.2) is 27.2 Å². The molecule has 4 nitrogen and oxygen atoms in total. The molecule has 0 spiro atoms. The van der Waals surface area contributed by atoms with Crippen molar-refractivity contribution in [1.82, 2.24) is 0 Å². The maximum atomic E-state index is 12.0. The summed E-state index contributed by atoms with van der Waals surface area (Å²) in [5.74, 6) is -0.158. The van der Waals surface area contributed by atoms with Crippen LogP contribution in [0.4, 0.5) is 0 Å². The molecule has 4 heteroatoms. The lowest BCUT2D eigenvalue weighted by Gasteiger charge is -2.22. The first kappa shape index (κ1) is 12.0. The van der Waals surface area contributed by atoms with Crippen LogP contribution < -0.4 is 0 Å². The van der Waals surface area contributed by atoms with E-state index in [0.717, 1.165) is 0 Å². The standard InChI is InChI=1S/C15H14O4/c1-7-2-10(16)4-8-3-9-5-11(17)6-12(18)14(9)15(19)13(7)8/h2-4,11,16-17,19H,5-6H2,1H3. The Morgan fingerprint density at radius 2 is 1.89 bits per heavy atom. The van der Waals surface area contributed by atoms with Gasteiger partial charge in [0.1, 0.15) is 11.5 Å². The molecule has 19 heavy (non-hydrogen) atoms. The van der Waals surface area contributed by atoms with Crippen LogP contribution in [0.15, 0.2) is 18.2 Å². The zero-order valence-corrected chi connectivity index (χ0v) is 10.5. The summed E-state index contributed by atoms with van der Waals surface area (Å²) in [6, 6.07) is 4.86. The van der Waals surface area contributed by atoms with Crippen LogP contribution in [0, 0.1) is 6.92 Å². The monoisotopic (exact) mass is 258 g/mol. The van der Waals surface area contributed by atoms with Gasteiger partial charge in [-0.05, 0) is 48.1 Å². The topological polar surface area (TPSA) is 77.8 Å². The van der Waals surface area contributed by atoms with Gasteiger partial charge in [0.15, 0.2) is 5.78 Å². The van der Waals surface area contributed by atoms with Gasteiger partial charge in [0.2, 0.25) is 0 Å². The van der Waals surface area contributed by atoms with Crippen molar-refractivity contribution in [2.45, 2.75) is 25.9 Å². The van der Waals surface area contributed by atoms with Crippen molar-refractivity contribution < 1.29 is 20.1 Å². The zero-order chi connectivity index (χ0) is 13.7. The number of aliphatic hydroxyl groups excluding tert-OH is 1. The minimum absolute atomic E-state index is 0.0399. The number of aliphatic hydroxyl groups is 1. The maximum absolute atomic E-state index is 12.0. The number of rotatable bonds is 0. The van der Waals surface area contributed by atoms with Crippen molar-refractivity contribution in [2.24, 2.45) is 0 Å². The number of aromatic hydroxyl groups is 2. The Balaban J connectivity index is 2.40. The van der Waals surface area contributed by atoms with Gasteiger partial charge in [-0.2, -0.15) is 0 Å². The Morgan fingerprint density at radius 1 is 1.16 bits per heavy atom. The van der Waals surface area contributed by atoms with E-state index in [1.165, 1.54) is 0 Å². The van der Waals surface area contributed by atoms with E-state index >= 15 is 0 Å². The van der Waals surface area contributed by atoms with E-state index in [2.05, 4.69) is 0 Å². The maximum Gasteiger partial charge on any atom is 0.169 e. The van der Waals surface area contributed by atoms with Crippen molar-refractivity contribution in [1.29, 1.82) is 0 Å². The van der Waals surface area contributed by atoms with Gasteiger partial charge in [-0.3, -0.25) is 4.79 Å². The van der Waals surface area contributed by atoms with Crippen LogP contribution in [0.1, 0.15) is 27.9 Å². The lowest BCUT2D eigenvalue weighted by Crippen LogP contribution is -2.24. The van der Waals surface area contributed by atoms with Gasteiger partial charge in [-0.1, -0.05) is 0 Å². The largest absolute Gasteiger partial charge is 0.508 e. The highest BCUT2D eigenvalue weighted by Gasteiger charge is 2.28. The molecule has 3 N–H and O–H groups in total. The number of phenolic OH excluding ortho intramolecular Hbond substituents is 2. The van der Waals surface area contributed by atoms with Crippen molar-refractivity contribution in [3.8, 4) is 11.5 Å². The molecule has 0 saturated carbocycles. The second-order valence-corrected chi connectivity index (χ2v) is 5.11. The fourth-order valence-corrected chi connectivity index (χ4v) is 2.88. The normalized spacial score (nSPS) is 18.6. The van der Waals surface area contributed by atoms with E-state index in [4.69, 9.17) is 0 Å². The average Bonchev–Trinajstić information content (AvgIpc) is 2.25. The summed E-state index contributed by atoms with van der Waals surface area (Å²) < 4.78 is 0. The Morgan fingerprint density at radius 3 is 2.63 bits per heavy atom. The molecular formula is C15H14O4. The number of carbonyl (C=O) groups excluding carboxylic acids is 1. The predicted molar refractivity (Wildman–Crippen MR) is 70.7 cm³/mol. The molecule has 0 heterocycles. The molecule has 0 saturated heterocycles. The summed E-state index contributed by atoms with van der Waals surface area (Å²) in [7, 11) is 0. The van der Waals surface area contributed by atoms with Crippen molar-refractivity contribution in [3.63, 3.8) is 0 Å². The first-order chi connectivity index (χ1) is 8.97. The van der Waals surface area contributed by atoms with E-state index in [1.807, 2.05) is 0 Å². The highest BCUT2D eigenvalue weighted by molar-refractivity contribution is 6.08. The summed E-state index contributed by atoms with van der Waals surface area (Å²) >= 11 is 0. The first-order valence-electron chi connectivity index (χ1n) is 6.17. The summed E-state index contributed by atoms with van der Waals surface area (Å²) in [5.41, 5.74) is 1.67. The van der Waals surface area contributed by atoms with Gasteiger partial charge in [0, 0.05) is 11.8 Å². The number of fused-ring (bicyclic) bond motifs is 2. The van der Waals surface area contributed by atoms with Gasteiger partial charge >= 0.3 is 0 Å². The molecule has 2 aromatic rings. The van der Waals surface area contributed by atoms with E-state index in [-0.39, 0.29) is 23.7 Å². The number of hydrogen-bond acceptors (Lipinski definition) is 4. The minimum atomic E-state index is -0.699. The van der Waals surface area contributed by atoms with Gasteiger partial charge < -0.3 is 15.3 Å². The second kappa shape index (κ2) is 3.96. The van der Waals surface area contributed by atoms with Crippen LogP contribution in [-0.2, 0) is 6.42 Å². The molecule has 3 rings (SSSR count). The predicted octanol–water partition coefficient (Wildman–Crippen LogP) is 2.05. The number of aryl methyl sites for hydroxylation is 1. The molecule has 0 fully saturated rings. The number of Topliss-reactive ketones (excluding diaryl/α,β-unsaturated/α-hetero) is 1. The third kappa shape index (κ3) is 1.76. The van der Waals surface area contributed by atoms with Crippen LogP contribution >= 0.6 is 0 Å². The molecule has 1 unspecified atom stereocenters. The molecule has 1 aliphatic carbocycles.